The van der Waals surface area contributed by atoms with Gasteiger partial charge in [-0.15, -0.1) is 10.2 Å². The van der Waals surface area contributed by atoms with Gasteiger partial charge in [0, 0.05) is 5.69 Å². The van der Waals surface area contributed by atoms with Crippen LogP contribution in [-0.4, -0.2) is 28.1 Å². The Bertz CT molecular complexity index is 809. The molecule has 0 saturated heterocycles. The van der Waals surface area contributed by atoms with Crippen LogP contribution in [0.4, 0.5) is 5.69 Å². The summed E-state index contributed by atoms with van der Waals surface area (Å²) >= 11 is 4.52. The molecule has 0 spiro atoms. The summed E-state index contributed by atoms with van der Waals surface area (Å²) in [5.74, 6) is 0.394. The quantitative estimate of drug-likeness (QED) is 0.555. The molecule has 1 aromatic heterocycles. The summed E-state index contributed by atoms with van der Waals surface area (Å²) in [5.41, 5.74) is 2.00. The Labute approximate surface area is 159 Å². The molecule has 3 rings (SSSR count). The lowest BCUT2D eigenvalue weighted by Gasteiger charge is -2.22. The van der Waals surface area contributed by atoms with Crippen molar-refractivity contribution in [1.82, 2.24) is 10.2 Å². The number of nitrogens with zero attached hydrogens (tertiary/aromatic N) is 3. The molecular formula is C18H17N3OS3. The van der Waals surface area contributed by atoms with Gasteiger partial charge in [-0.2, -0.15) is 0 Å². The van der Waals surface area contributed by atoms with Crippen molar-refractivity contribution in [3.05, 3.63) is 66.2 Å². The van der Waals surface area contributed by atoms with Crippen LogP contribution in [0.15, 0.2) is 69.3 Å². The topological polar surface area (TPSA) is 46.1 Å². The molecule has 0 unspecified atom stereocenters. The van der Waals surface area contributed by atoms with Gasteiger partial charge < -0.3 is 4.90 Å². The normalized spacial score (nSPS) is 10.6. The number of para-hydroxylation sites is 1. The first-order valence-corrected chi connectivity index (χ1v) is 10.7. The summed E-state index contributed by atoms with van der Waals surface area (Å²) in [5, 5.41) is 8.18. The summed E-state index contributed by atoms with van der Waals surface area (Å²) in [4.78, 5) is 14.7. The lowest BCUT2D eigenvalue weighted by atomic mass is 10.2. The van der Waals surface area contributed by atoms with E-state index < -0.39 is 0 Å². The van der Waals surface area contributed by atoms with E-state index in [1.54, 1.807) is 11.8 Å². The SMILES string of the molecule is CSc1nnc(SCC(=O)N(Cc2ccccc2)c2ccccc2)s1. The maximum Gasteiger partial charge on any atom is 0.237 e. The lowest BCUT2D eigenvalue weighted by Crippen LogP contribution is -2.31. The highest BCUT2D eigenvalue weighted by Gasteiger charge is 2.17. The fourth-order valence-electron chi connectivity index (χ4n) is 2.24. The van der Waals surface area contributed by atoms with E-state index in [-0.39, 0.29) is 5.91 Å². The second-order valence-electron chi connectivity index (χ2n) is 5.13. The monoisotopic (exact) mass is 387 g/mol. The number of benzene rings is 2. The van der Waals surface area contributed by atoms with Gasteiger partial charge in [0.15, 0.2) is 8.68 Å². The average Bonchev–Trinajstić information content (AvgIpc) is 3.14. The number of anilines is 1. The van der Waals surface area contributed by atoms with Crippen LogP contribution in [0.5, 0.6) is 0 Å². The van der Waals surface area contributed by atoms with E-state index >= 15 is 0 Å². The first kappa shape index (κ1) is 18.0. The van der Waals surface area contributed by atoms with E-state index in [0.29, 0.717) is 12.3 Å². The van der Waals surface area contributed by atoms with Gasteiger partial charge in [-0.3, -0.25) is 4.79 Å². The van der Waals surface area contributed by atoms with Crippen LogP contribution in [-0.2, 0) is 11.3 Å². The Morgan fingerprint density at radius 1 is 1.00 bits per heavy atom. The highest BCUT2D eigenvalue weighted by atomic mass is 32.2. The van der Waals surface area contributed by atoms with Crippen molar-refractivity contribution in [3.63, 3.8) is 0 Å². The number of carbonyl (C=O) groups excluding carboxylic acids is 1. The highest BCUT2D eigenvalue weighted by molar-refractivity contribution is 8.03. The number of carbonyl (C=O) groups is 1. The van der Waals surface area contributed by atoms with Crippen molar-refractivity contribution < 1.29 is 4.79 Å². The van der Waals surface area contributed by atoms with Gasteiger partial charge in [0.1, 0.15) is 0 Å². The fourth-order valence-corrected chi connectivity index (χ4v) is 4.55. The predicted octanol–water partition coefficient (Wildman–Crippen LogP) is 4.59. The summed E-state index contributed by atoms with van der Waals surface area (Å²) in [6.07, 6.45) is 1.97. The minimum atomic E-state index is 0.0564. The standard InChI is InChI=1S/C18H17N3OS3/c1-23-17-19-20-18(25-17)24-13-16(22)21(15-10-6-3-7-11-15)12-14-8-4-2-5-9-14/h2-11H,12-13H2,1H3. The summed E-state index contributed by atoms with van der Waals surface area (Å²) in [7, 11) is 0. The highest BCUT2D eigenvalue weighted by Crippen LogP contribution is 2.28. The third kappa shape index (κ3) is 5.07. The largest absolute Gasteiger partial charge is 0.307 e. The van der Waals surface area contributed by atoms with Crippen LogP contribution in [0.3, 0.4) is 0 Å². The molecule has 0 bridgehead atoms. The molecule has 0 aliphatic heterocycles. The average molecular weight is 388 g/mol. The zero-order chi connectivity index (χ0) is 17.5. The first-order chi connectivity index (χ1) is 12.3. The molecular weight excluding hydrogens is 370 g/mol. The van der Waals surface area contributed by atoms with Gasteiger partial charge in [-0.1, -0.05) is 83.4 Å². The molecule has 1 amide bonds. The van der Waals surface area contributed by atoms with E-state index in [0.717, 1.165) is 19.9 Å². The summed E-state index contributed by atoms with van der Waals surface area (Å²) < 4.78 is 1.74. The Kier molecular flexibility index (Phi) is 6.49. The first-order valence-electron chi connectivity index (χ1n) is 7.66. The number of rotatable bonds is 7. The molecule has 7 heteroatoms. The Morgan fingerprint density at radius 3 is 2.28 bits per heavy atom. The summed E-state index contributed by atoms with van der Waals surface area (Å²) in [6.45, 7) is 0.552. The van der Waals surface area contributed by atoms with Crippen molar-refractivity contribution in [2.45, 2.75) is 15.2 Å². The van der Waals surface area contributed by atoms with Gasteiger partial charge in [0.05, 0.1) is 12.3 Å². The van der Waals surface area contributed by atoms with E-state index in [1.165, 1.54) is 23.1 Å². The minimum absolute atomic E-state index is 0.0564. The molecule has 3 aromatic rings. The number of hydrogen-bond acceptors (Lipinski definition) is 6. The maximum atomic E-state index is 12.9. The van der Waals surface area contributed by atoms with Crippen LogP contribution in [0, 0.1) is 0 Å². The molecule has 4 nitrogen and oxygen atoms in total. The van der Waals surface area contributed by atoms with Crippen molar-refractivity contribution in [1.29, 1.82) is 0 Å². The molecule has 0 fully saturated rings. The number of aromatic nitrogens is 2. The van der Waals surface area contributed by atoms with E-state index in [9.17, 15) is 4.79 Å². The zero-order valence-corrected chi connectivity index (χ0v) is 16.1. The molecule has 0 saturated carbocycles. The van der Waals surface area contributed by atoms with Gasteiger partial charge in [-0.05, 0) is 24.0 Å². The van der Waals surface area contributed by atoms with Crippen LogP contribution < -0.4 is 4.90 Å². The van der Waals surface area contributed by atoms with Crippen molar-refractivity contribution in [2.24, 2.45) is 0 Å². The Hall–Kier alpha value is -1.83. The minimum Gasteiger partial charge on any atom is -0.307 e. The van der Waals surface area contributed by atoms with Crippen LogP contribution >= 0.6 is 34.9 Å². The van der Waals surface area contributed by atoms with E-state index in [2.05, 4.69) is 10.2 Å². The smallest absolute Gasteiger partial charge is 0.237 e. The van der Waals surface area contributed by atoms with Gasteiger partial charge in [0.25, 0.3) is 0 Å². The van der Waals surface area contributed by atoms with Crippen LogP contribution in [0.1, 0.15) is 5.56 Å². The van der Waals surface area contributed by atoms with E-state index in [4.69, 9.17) is 0 Å². The Balaban J connectivity index is 1.72. The summed E-state index contributed by atoms with van der Waals surface area (Å²) in [6, 6.07) is 19.8. The molecule has 25 heavy (non-hydrogen) atoms. The molecule has 1 heterocycles. The van der Waals surface area contributed by atoms with Crippen LogP contribution in [0.25, 0.3) is 0 Å². The van der Waals surface area contributed by atoms with Crippen LogP contribution in [0.2, 0.25) is 0 Å². The number of thioether (sulfide) groups is 2. The molecule has 0 radical (unpaired) electrons. The second kappa shape index (κ2) is 9.03. The third-order valence-corrected chi connectivity index (χ3v) is 6.45. The number of hydrogen-bond donors (Lipinski definition) is 0. The zero-order valence-electron chi connectivity index (χ0n) is 13.7. The van der Waals surface area contributed by atoms with Crippen molar-refractivity contribution in [2.75, 3.05) is 16.9 Å². The molecule has 128 valence electrons. The van der Waals surface area contributed by atoms with E-state index in [1.807, 2.05) is 71.8 Å². The molecule has 0 aliphatic carbocycles. The number of amides is 1. The predicted molar refractivity (Wildman–Crippen MR) is 106 cm³/mol. The lowest BCUT2D eigenvalue weighted by molar-refractivity contribution is -0.116. The fraction of sp³-hybridized carbons (Fsp3) is 0.167. The second-order valence-corrected chi connectivity index (χ2v) is 8.38. The Morgan fingerprint density at radius 2 is 1.64 bits per heavy atom. The maximum absolute atomic E-state index is 12.9. The molecule has 0 aliphatic rings. The molecule has 0 atom stereocenters. The van der Waals surface area contributed by atoms with Gasteiger partial charge in [-0.25, -0.2) is 0 Å². The molecule has 2 aromatic carbocycles. The van der Waals surface area contributed by atoms with Crippen molar-refractivity contribution in [3.8, 4) is 0 Å². The van der Waals surface area contributed by atoms with Crippen molar-refractivity contribution >= 4 is 46.5 Å². The van der Waals surface area contributed by atoms with Gasteiger partial charge in [0.2, 0.25) is 5.91 Å². The van der Waals surface area contributed by atoms with Gasteiger partial charge >= 0.3 is 0 Å². The third-order valence-electron chi connectivity index (χ3n) is 3.43. The molecule has 0 N–H and O–H groups in total.